The Labute approximate surface area is 94.8 Å². The van der Waals surface area contributed by atoms with Crippen LogP contribution < -0.4 is 0 Å². The Morgan fingerprint density at radius 3 is 2.81 bits per heavy atom. The van der Waals surface area contributed by atoms with Crippen LogP contribution in [0.2, 0.25) is 0 Å². The molecule has 0 amide bonds. The third-order valence-corrected chi connectivity index (χ3v) is 2.75. The van der Waals surface area contributed by atoms with Gasteiger partial charge in [-0.2, -0.15) is 4.98 Å². The van der Waals surface area contributed by atoms with Gasteiger partial charge in [0.2, 0.25) is 5.89 Å². The molecule has 1 aliphatic heterocycles. The summed E-state index contributed by atoms with van der Waals surface area (Å²) in [6.45, 7) is 4.41. The monoisotopic (exact) mass is 223 g/mol. The first-order chi connectivity index (χ1) is 7.78. The summed E-state index contributed by atoms with van der Waals surface area (Å²) < 4.78 is 5.11. The second kappa shape index (κ2) is 5.21. The number of likely N-dealkylation sites (tertiary alicyclic amines) is 1. The molecular formula is C11H17N3O2. The number of Topliss-reactive ketones (excluding diaryl/α,β-unsaturated/α-hetero) is 1. The summed E-state index contributed by atoms with van der Waals surface area (Å²) in [6.07, 6.45) is 3.16. The van der Waals surface area contributed by atoms with Gasteiger partial charge in [-0.1, -0.05) is 12.1 Å². The number of ketones is 1. The summed E-state index contributed by atoms with van der Waals surface area (Å²) >= 11 is 0. The molecule has 0 saturated carbocycles. The standard InChI is InChI=1S/C11H17N3O2/c1-2-3-11-12-10(13-16-11)8-14-6-4-9(15)5-7-14/h2-8H2,1H3. The SMILES string of the molecule is CCCc1nc(CN2CCC(=O)CC2)no1. The van der Waals surface area contributed by atoms with Crippen molar-refractivity contribution in [3.8, 4) is 0 Å². The van der Waals surface area contributed by atoms with Gasteiger partial charge in [-0.05, 0) is 6.42 Å². The Morgan fingerprint density at radius 1 is 1.38 bits per heavy atom. The van der Waals surface area contributed by atoms with E-state index in [1.807, 2.05) is 0 Å². The van der Waals surface area contributed by atoms with Gasteiger partial charge in [0.1, 0.15) is 5.78 Å². The van der Waals surface area contributed by atoms with Crippen molar-refractivity contribution < 1.29 is 9.32 Å². The van der Waals surface area contributed by atoms with Crippen LogP contribution in [-0.2, 0) is 17.8 Å². The molecule has 0 atom stereocenters. The fraction of sp³-hybridized carbons (Fsp3) is 0.727. The summed E-state index contributed by atoms with van der Waals surface area (Å²) in [7, 11) is 0. The minimum absolute atomic E-state index is 0.357. The minimum Gasteiger partial charge on any atom is -0.339 e. The van der Waals surface area contributed by atoms with Crippen molar-refractivity contribution in [3.05, 3.63) is 11.7 Å². The maximum absolute atomic E-state index is 11.1. The summed E-state index contributed by atoms with van der Waals surface area (Å²) in [6, 6.07) is 0. The molecule has 88 valence electrons. The van der Waals surface area contributed by atoms with Gasteiger partial charge in [-0.3, -0.25) is 9.69 Å². The number of carbonyl (C=O) groups excluding carboxylic acids is 1. The Balaban J connectivity index is 1.86. The van der Waals surface area contributed by atoms with E-state index in [1.165, 1.54) is 0 Å². The van der Waals surface area contributed by atoms with Crippen molar-refractivity contribution in [2.75, 3.05) is 13.1 Å². The molecule has 0 spiro atoms. The van der Waals surface area contributed by atoms with Crippen molar-refractivity contribution >= 4 is 5.78 Å². The Morgan fingerprint density at radius 2 is 2.12 bits per heavy atom. The van der Waals surface area contributed by atoms with Gasteiger partial charge in [-0.25, -0.2) is 0 Å². The van der Waals surface area contributed by atoms with E-state index in [-0.39, 0.29) is 0 Å². The van der Waals surface area contributed by atoms with Crippen LogP contribution in [0.4, 0.5) is 0 Å². The molecule has 0 radical (unpaired) electrons. The van der Waals surface area contributed by atoms with Crippen LogP contribution in [0.25, 0.3) is 0 Å². The Hall–Kier alpha value is -1.23. The van der Waals surface area contributed by atoms with E-state index in [4.69, 9.17) is 4.52 Å². The lowest BCUT2D eigenvalue weighted by Gasteiger charge is -2.23. The summed E-state index contributed by atoms with van der Waals surface area (Å²) in [5, 5.41) is 3.94. The number of piperidine rings is 1. The van der Waals surface area contributed by atoms with Gasteiger partial charge in [0, 0.05) is 32.4 Å². The first-order valence-electron chi connectivity index (χ1n) is 5.83. The minimum atomic E-state index is 0.357. The fourth-order valence-corrected chi connectivity index (χ4v) is 1.83. The molecule has 0 aromatic carbocycles. The van der Waals surface area contributed by atoms with Gasteiger partial charge >= 0.3 is 0 Å². The zero-order chi connectivity index (χ0) is 11.4. The number of rotatable bonds is 4. The van der Waals surface area contributed by atoms with Crippen molar-refractivity contribution in [1.82, 2.24) is 15.0 Å². The second-order valence-electron chi connectivity index (χ2n) is 4.17. The molecule has 1 aromatic heterocycles. The molecule has 1 saturated heterocycles. The third kappa shape index (κ3) is 2.88. The molecule has 1 aromatic rings. The molecule has 0 bridgehead atoms. The molecule has 16 heavy (non-hydrogen) atoms. The highest BCUT2D eigenvalue weighted by Crippen LogP contribution is 2.09. The number of carbonyl (C=O) groups is 1. The van der Waals surface area contributed by atoms with Crippen molar-refractivity contribution in [3.63, 3.8) is 0 Å². The molecule has 0 N–H and O–H groups in total. The van der Waals surface area contributed by atoms with Gasteiger partial charge < -0.3 is 4.52 Å². The molecule has 0 unspecified atom stereocenters. The van der Waals surface area contributed by atoms with Crippen LogP contribution in [0.1, 0.15) is 37.9 Å². The highest BCUT2D eigenvalue weighted by molar-refractivity contribution is 5.79. The van der Waals surface area contributed by atoms with Gasteiger partial charge in [0.25, 0.3) is 0 Å². The highest BCUT2D eigenvalue weighted by Gasteiger charge is 2.18. The largest absolute Gasteiger partial charge is 0.339 e. The first kappa shape index (κ1) is 11.3. The third-order valence-electron chi connectivity index (χ3n) is 2.75. The van der Waals surface area contributed by atoms with Crippen molar-refractivity contribution in [2.24, 2.45) is 0 Å². The van der Waals surface area contributed by atoms with Crippen molar-refractivity contribution in [1.29, 1.82) is 0 Å². The number of hydrogen-bond donors (Lipinski definition) is 0. The van der Waals surface area contributed by atoms with E-state index in [0.717, 1.165) is 31.8 Å². The maximum Gasteiger partial charge on any atom is 0.226 e. The quantitative estimate of drug-likeness (QED) is 0.767. The molecule has 5 heteroatoms. The molecule has 1 aliphatic rings. The van der Waals surface area contributed by atoms with E-state index < -0.39 is 0 Å². The number of nitrogens with zero attached hydrogens (tertiary/aromatic N) is 3. The Bertz CT molecular complexity index is 352. The predicted molar refractivity (Wildman–Crippen MR) is 57.8 cm³/mol. The summed E-state index contributed by atoms with van der Waals surface area (Å²) in [5.41, 5.74) is 0. The zero-order valence-electron chi connectivity index (χ0n) is 9.61. The highest BCUT2D eigenvalue weighted by atomic mass is 16.5. The molecule has 1 fully saturated rings. The first-order valence-corrected chi connectivity index (χ1v) is 5.83. The maximum atomic E-state index is 11.1. The summed E-state index contributed by atoms with van der Waals surface area (Å²) in [4.78, 5) is 17.6. The zero-order valence-corrected chi connectivity index (χ0v) is 9.61. The van der Waals surface area contributed by atoms with Crippen LogP contribution >= 0.6 is 0 Å². The van der Waals surface area contributed by atoms with Crippen LogP contribution in [-0.4, -0.2) is 33.9 Å². The predicted octanol–water partition coefficient (Wildman–Crippen LogP) is 1.19. The lowest BCUT2D eigenvalue weighted by atomic mass is 10.1. The topological polar surface area (TPSA) is 59.2 Å². The summed E-state index contributed by atoms with van der Waals surface area (Å²) in [5.74, 6) is 1.81. The average molecular weight is 223 g/mol. The number of aryl methyl sites for hydroxylation is 1. The molecular weight excluding hydrogens is 206 g/mol. The van der Waals surface area contributed by atoms with Crippen LogP contribution in [0.15, 0.2) is 4.52 Å². The normalized spacial score (nSPS) is 17.9. The molecule has 0 aliphatic carbocycles. The van der Waals surface area contributed by atoms with E-state index >= 15 is 0 Å². The smallest absolute Gasteiger partial charge is 0.226 e. The van der Waals surface area contributed by atoms with E-state index in [1.54, 1.807) is 0 Å². The molecule has 2 heterocycles. The van der Waals surface area contributed by atoms with Gasteiger partial charge in [0.05, 0.1) is 6.54 Å². The lowest BCUT2D eigenvalue weighted by Crippen LogP contribution is -2.33. The lowest BCUT2D eigenvalue weighted by molar-refractivity contribution is -0.121. The van der Waals surface area contributed by atoms with E-state index in [0.29, 0.717) is 31.1 Å². The average Bonchev–Trinajstić information content (AvgIpc) is 2.70. The van der Waals surface area contributed by atoms with Crippen LogP contribution in [0.5, 0.6) is 0 Å². The van der Waals surface area contributed by atoms with Crippen LogP contribution in [0.3, 0.4) is 0 Å². The number of hydrogen-bond acceptors (Lipinski definition) is 5. The van der Waals surface area contributed by atoms with Gasteiger partial charge in [0.15, 0.2) is 5.82 Å². The van der Waals surface area contributed by atoms with Crippen molar-refractivity contribution in [2.45, 2.75) is 39.2 Å². The second-order valence-corrected chi connectivity index (χ2v) is 4.17. The Kier molecular flexibility index (Phi) is 3.66. The van der Waals surface area contributed by atoms with E-state index in [9.17, 15) is 4.79 Å². The molecule has 5 nitrogen and oxygen atoms in total. The number of aromatic nitrogens is 2. The van der Waals surface area contributed by atoms with Gasteiger partial charge in [-0.15, -0.1) is 0 Å². The van der Waals surface area contributed by atoms with E-state index in [2.05, 4.69) is 22.0 Å². The fourth-order valence-electron chi connectivity index (χ4n) is 1.83. The molecule has 2 rings (SSSR count). The van der Waals surface area contributed by atoms with Crippen LogP contribution in [0, 0.1) is 0 Å².